The molecule has 0 aliphatic heterocycles. The largest absolute Gasteiger partial charge is 0.497 e. The van der Waals surface area contributed by atoms with Crippen LogP contribution in [0.15, 0.2) is 48.5 Å². The molecule has 0 aliphatic rings. The second kappa shape index (κ2) is 7.43. The molecule has 0 saturated carbocycles. The predicted molar refractivity (Wildman–Crippen MR) is 86.4 cm³/mol. The summed E-state index contributed by atoms with van der Waals surface area (Å²) in [4.78, 5) is 14.1. The molecule has 0 spiro atoms. The summed E-state index contributed by atoms with van der Waals surface area (Å²) in [5.41, 5.74) is 1.04. The van der Waals surface area contributed by atoms with Crippen molar-refractivity contribution in [1.29, 1.82) is 5.26 Å². The van der Waals surface area contributed by atoms with Gasteiger partial charge in [-0.05, 0) is 38.4 Å². The first-order valence-electron chi connectivity index (χ1n) is 7.08. The van der Waals surface area contributed by atoms with Crippen molar-refractivity contribution in [3.05, 3.63) is 59.7 Å². The van der Waals surface area contributed by atoms with E-state index in [1.165, 1.54) is 7.11 Å². The van der Waals surface area contributed by atoms with Gasteiger partial charge in [0.1, 0.15) is 17.5 Å². The molecule has 0 heterocycles. The van der Waals surface area contributed by atoms with Gasteiger partial charge in [-0.3, -0.25) is 4.90 Å². The van der Waals surface area contributed by atoms with Gasteiger partial charge >= 0.3 is 5.97 Å². The zero-order chi connectivity index (χ0) is 16.8. The van der Waals surface area contributed by atoms with E-state index in [1.807, 2.05) is 6.07 Å². The second-order valence-corrected chi connectivity index (χ2v) is 5.15. The predicted octanol–water partition coefficient (Wildman–Crippen LogP) is 3.04. The lowest BCUT2D eigenvalue weighted by Gasteiger charge is -2.20. The SMILES string of the molecule is COc1cccc(C(=O)Oc2ccccc2C(C#N)N(C)C)c1. The maximum atomic E-state index is 12.3. The van der Waals surface area contributed by atoms with Crippen molar-refractivity contribution in [2.24, 2.45) is 0 Å². The summed E-state index contributed by atoms with van der Waals surface area (Å²) >= 11 is 0. The van der Waals surface area contributed by atoms with Gasteiger partial charge in [0.15, 0.2) is 0 Å². The van der Waals surface area contributed by atoms with E-state index in [4.69, 9.17) is 9.47 Å². The molecule has 1 unspecified atom stereocenters. The van der Waals surface area contributed by atoms with Gasteiger partial charge in [0.25, 0.3) is 0 Å². The second-order valence-electron chi connectivity index (χ2n) is 5.15. The number of esters is 1. The van der Waals surface area contributed by atoms with Crippen molar-refractivity contribution in [2.75, 3.05) is 21.2 Å². The molecular weight excluding hydrogens is 292 g/mol. The summed E-state index contributed by atoms with van der Waals surface area (Å²) in [7, 11) is 5.14. The average molecular weight is 310 g/mol. The van der Waals surface area contributed by atoms with E-state index < -0.39 is 12.0 Å². The Morgan fingerprint density at radius 1 is 1.17 bits per heavy atom. The van der Waals surface area contributed by atoms with Crippen molar-refractivity contribution < 1.29 is 14.3 Å². The van der Waals surface area contributed by atoms with Gasteiger partial charge in [-0.25, -0.2) is 4.79 Å². The summed E-state index contributed by atoms with van der Waals surface area (Å²) in [6.45, 7) is 0. The normalized spacial score (nSPS) is 11.6. The van der Waals surface area contributed by atoms with Crippen LogP contribution in [0.5, 0.6) is 11.5 Å². The highest BCUT2D eigenvalue weighted by Crippen LogP contribution is 2.28. The monoisotopic (exact) mass is 310 g/mol. The summed E-state index contributed by atoms with van der Waals surface area (Å²) in [6, 6.07) is 15.5. The molecular formula is C18H18N2O3. The van der Waals surface area contributed by atoms with Crippen LogP contribution in [0, 0.1) is 11.3 Å². The number of hydrogen-bond acceptors (Lipinski definition) is 5. The maximum absolute atomic E-state index is 12.3. The Morgan fingerprint density at radius 3 is 2.57 bits per heavy atom. The van der Waals surface area contributed by atoms with E-state index in [0.29, 0.717) is 22.6 Å². The number of nitrogens with zero attached hydrogens (tertiary/aromatic N) is 2. The molecule has 5 heteroatoms. The minimum absolute atomic E-state index is 0.376. The van der Waals surface area contributed by atoms with Crippen LogP contribution >= 0.6 is 0 Å². The summed E-state index contributed by atoms with van der Waals surface area (Å²) in [5.74, 6) is 0.461. The summed E-state index contributed by atoms with van der Waals surface area (Å²) < 4.78 is 10.6. The van der Waals surface area contributed by atoms with Crippen molar-refractivity contribution >= 4 is 5.97 Å². The lowest BCUT2D eigenvalue weighted by molar-refractivity contribution is 0.0731. The minimum Gasteiger partial charge on any atom is -0.497 e. The highest BCUT2D eigenvalue weighted by atomic mass is 16.5. The number of nitriles is 1. The van der Waals surface area contributed by atoms with Gasteiger partial charge in [0.05, 0.1) is 18.7 Å². The molecule has 0 N–H and O–H groups in total. The van der Waals surface area contributed by atoms with Crippen molar-refractivity contribution in [3.8, 4) is 17.6 Å². The first-order chi connectivity index (χ1) is 11.1. The zero-order valence-corrected chi connectivity index (χ0v) is 13.3. The molecule has 2 rings (SSSR count). The van der Waals surface area contributed by atoms with Crippen LogP contribution in [0.1, 0.15) is 22.0 Å². The Kier molecular flexibility index (Phi) is 5.34. The number of carbonyl (C=O) groups excluding carboxylic acids is 1. The van der Waals surface area contributed by atoms with Gasteiger partial charge < -0.3 is 9.47 Å². The number of benzene rings is 2. The fraction of sp³-hybridized carbons (Fsp3) is 0.222. The molecule has 0 aromatic heterocycles. The fourth-order valence-electron chi connectivity index (χ4n) is 2.17. The van der Waals surface area contributed by atoms with E-state index >= 15 is 0 Å². The number of ether oxygens (including phenoxy) is 2. The first-order valence-corrected chi connectivity index (χ1v) is 7.08. The van der Waals surface area contributed by atoms with Crippen LogP contribution in [-0.2, 0) is 0 Å². The van der Waals surface area contributed by atoms with Crippen LogP contribution in [0.3, 0.4) is 0 Å². The summed E-state index contributed by atoms with van der Waals surface area (Å²) in [6.07, 6.45) is 0. The van der Waals surface area contributed by atoms with E-state index in [9.17, 15) is 10.1 Å². The van der Waals surface area contributed by atoms with Crippen molar-refractivity contribution in [3.63, 3.8) is 0 Å². The molecule has 2 aromatic carbocycles. The van der Waals surface area contributed by atoms with Crippen LogP contribution in [0.2, 0.25) is 0 Å². The topological polar surface area (TPSA) is 62.6 Å². The molecule has 0 fully saturated rings. The van der Waals surface area contributed by atoms with Gasteiger partial charge in [-0.2, -0.15) is 5.26 Å². The third-order valence-electron chi connectivity index (χ3n) is 3.36. The third-order valence-corrected chi connectivity index (χ3v) is 3.36. The van der Waals surface area contributed by atoms with Gasteiger partial charge in [-0.15, -0.1) is 0 Å². The van der Waals surface area contributed by atoms with Crippen LogP contribution in [0.4, 0.5) is 0 Å². The van der Waals surface area contributed by atoms with Crippen LogP contribution in [-0.4, -0.2) is 32.1 Å². The molecule has 1 atom stereocenters. The molecule has 0 amide bonds. The molecule has 0 bridgehead atoms. The van der Waals surface area contributed by atoms with Crippen LogP contribution < -0.4 is 9.47 Å². The Labute approximate surface area is 135 Å². The lowest BCUT2D eigenvalue weighted by atomic mass is 10.1. The highest BCUT2D eigenvalue weighted by Gasteiger charge is 2.20. The van der Waals surface area contributed by atoms with Crippen LogP contribution in [0.25, 0.3) is 0 Å². The number of hydrogen-bond donors (Lipinski definition) is 0. The molecule has 0 aliphatic carbocycles. The molecule has 0 saturated heterocycles. The molecule has 2 aromatic rings. The summed E-state index contributed by atoms with van der Waals surface area (Å²) in [5, 5.41) is 9.35. The number of para-hydroxylation sites is 1. The molecule has 5 nitrogen and oxygen atoms in total. The van der Waals surface area contributed by atoms with E-state index in [1.54, 1.807) is 61.5 Å². The number of methoxy groups -OCH3 is 1. The van der Waals surface area contributed by atoms with Gasteiger partial charge in [-0.1, -0.05) is 24.3 Å². The Bertz CT molecular complexity index is 735. The standard InChI is InChI=1S/C18H18N2O3/c1-20(2)16(12-19)15-9-4-5-10-17(15)23-18(21)13-7-6-8-14(11-13)22-3/h4-11,16H,1-3H3. The fourth-order valence-corrected chi connectivity index (χ4v) is 2.17. The molecule has 0 radical (unpaired) electrons. The van der Waals surface area contributed by atoms with Gasteiger partial charge in [0.2, 0.25) is 0 Å². The Balaban J connectivity index is 2.30. The zero-order valence-electron chi connectivity index (χ0n) is 13.3. The quantitative estimate of drug-likeness (QED) is 0.627. The minimum atomic E-state index is -0.496. The lowest BCUT2D eigenvalue weighted by Crippen LogP contribution is -2.20. The Hall–Kier alpha value is -2.84. The number of carbonyl (C=O) groups is 1. The van der Waals surface area contributed by atoms with E-state index in [-0.39, 0.29) is 0 Å². The van der Waals surface area contributed by atoms with Crippen molar-refractivity contribution in [1.82, 2.24) is 4.90 Å². The van der Waals surface area contributed by atoms with E-state index in [0.717, 1.165) is 0 Å². The van der Waals surface area contributed by atoms with Crippen molar-refractivity contribution in [2.45, 2.75) is 6.04 Å². The third kappa shape index (κ3) is 3.87. The number of rotatable bonds is 5. The molecule has 118 valence electrons. The van der Waals surface area contributed by atoms with Gasteiger partial charge in [0, 0.05) is 5.56 Å². The first kappa shape index (κ1) is 16.5. The van der Waals surface area contributed by atoms with E-state index in [2.05, 4.69) is 6.07 Å². The highest BCUT2D eigenvalue weighted by molar-refractivity contribution is 5.91. The maximum Gasteiger partial charge on any atom is 0.343 e. The Morgan fingerprint density at radius 2 is 1.91 bits per heavy atom. The smallest absolute Gasteiger partial charge is 0.343 e. The molecule has 23 heavy (non-hydrogen) atoms. The average Bonchev–Trinajstić information content (AvgIpc) is 2.56.